The van der Waals surface area contributed by atoms with Crippen LogP contribution in [-0.4, -0.2) is 11.1 Å². The normalized spacial score (nSPS) is 9.50. The van der Waals surface area contributed by atoms with E-state index in [0.717, 1.165) is 0 Å². The molecule has 4 radical (unpaired) electrons. The van der Waals surface area contributed by atoms with E-state index in [9.17, 15) is 4.79 Å². The van der Waals surface area contributed by atoms with Crippen LogP contribution in [0.1, 0.15) is 34.6 Å². The molecule has 0 heterocycles. The fourth-order valence-corrected chi connectivity index (χ4v) is 0.321. The number of hydrogen-bond acceptors (Lipinski definition) is 1. The number of carbonyl (C=O) groups is 1. The molecule has 14 heavy (non-hydrogen) atoms. The first-order valence-corrected chi connectivity index (χ1v) is 3.43. The summed E-state index contributed by atoms with van der Waals surface area (Å²) in [7, 11) is 0. The summed E-state index contributed by atoms with van der Waals surface area (Å²) in [4.78, 5) is 10.7. The summed E-state index contributed by atoms with van der Waals surface area (Å²) in [5, 5.41) is 8.78. The SMILES string of the molecule is CC(C)(C)C(C)(C)C(=O)O.[Y].[Y].[Y].[Y]. The van der Waals surface area contributed by atoms with E-state index in [-0.39, 0.29) is 136 Å². The van der Waals surface area contributed by atoms with Crippen molar-refractivity contribution in [1.29, 1.82) is 0 Å². The maximum atomic E-state index is 10.7. The van der Waals surface area contributed by atoms with Gasteiger partial charge in [-0.2, -0.15) is 0 Å². The standard InChI is InChI=1S/C8H16O2.4Y/c1-7(2,3)8(4,5)6(9)10;;;;/h1-5H3,(H,9,10);;;;. The molecule has 72 valence electrons. The van der Waals surface area contributed by atoms with Crippen molar-refractivity contribution < 1.29 is 141 Å². The van der Waals surface area contributed by atoms with Gasteiger partial charge < -0.3 is 5.11 Å². The fraction of sp³-hybridized carbons (Fsp3) is 0.875. The van der Waals surface area contributed by atoms with Crippen LogP contribution in [0.5, 0.6) is 0 Å². The Bertz CT molecular complexity index is 152. The number of hydrogen-bond donors (Lipinski definition) is 1. The summed E-state index contributed by atoms with van der Waals surface area (Å²) in [6.45, 7) is 9.29. The maximum Gasteiger partial charge on any atom is 0.309 e. The summed E-state index contributed by atoms with van der Waals surface area (Å²) < 4.78 is 0. The predicted octanol–water partition coefficient (Wildman–Crippen LogP) is 2.13. The maximum absolute atomic E-state index is 10.7. The second-order valence-corrected chi connectivity index (χ2v) is 4.18. The van der Waals surface area contributed by atoms with Crippen molar-refractivity contribution in [2.45, 2.75) is 34.6 Å². The first-order chi connectivity index (χ1) is 4.19. The molecule has 6 heteroatoms. The van der Waals surface area contributed by atoms with Gasteiger partial charge in [-0.1, -0.05) is 20.8 Å². The number of rotatable bonds is 1. The van der Waals surface area contributed by atoms with Gasteiger partial charge in [-0.3, -0.25) is 4.79 Å². The van der Waals surface area contributed by atoms with Crippen LogP contribution in [-0.2, 0) is 136 Å². The molecule has 0 saturated heterocycles. The third-order valence-electron chi connectivity index (χ3n) is 2.41. The van der Waals surface area contributed by atoms with Gasteiger partial charge in [0.15, 0.2) is 0 Å². The van der Waals surface area contributed by atoms with Crippen LogP contribution in [0.25, 0.3) is 0 Å². The first-order valence-electron chi connectivity index (χ1n) is 3.43. The minimum atomic E-state index is -0.736. The molecular weight excluding hydrogens is 484 g/mol. The van der Waals surface area contributed by atoms with Crippen LogP contribution in [0.15, 0.2) is 0 Å². The van der Waals surface area contributed by atoms with E-state index in [1.807, 2.05) is 20.8 Å². The number of carboxylic acid groups (broad SMARTS) is 1. The van der Waals surface area contributed by atoms with Crippen molar-refractivity contribution in [2.75, 3.05) is 0 Å². The molecule has 0 aliphatic heterocycles. The molecule has 0 amide bonds. The van der Waals surface area contributed by atoms with Crippen LogP contribution in [0.4, 0.5) is 0 Å². The molecule has 0 rings (SSSR count). The summed E-state index contributed by atoms with van der Waals surface area (Å²) in [5.41, 5.74) is -0.828. The second-order valence-electron chi connectivity index (χ2n) is 4.18. The molecule has 0 saturated carbocycles. The Kier molecular flexibility index (Phi) is 26.2. The van der Waals surface area contributed by atoms with Crippen LogP contribution in [0.2, 0.25) is 0 Å². The monoisotopic (exact) mass is 500 g/mol. The zero-order chi connectivity index (χ0) is 8.58. The van der Waals surface area contributed by atoms with Crippen molar-refractivity contribution in [3.8, 4) is 0 Å². The van der Waals surface area contributed by atoms with E-state index in [1.54, 1.807) is 13.8 Å². The van der Waals surface area contributed by atoms with E-state index >= 15 is 0 Å². The largest absolute Gasteiger partial charge is 0.481 e. The topological polar surface area (TPSA) is 37.3 Å². The second kappa shape index (κ2) is 11.9. The molecule has 0 atom stereocenters. The molecule has 0 aromatic carbocycles. The molecule has 0 aromatic heterocycles. The van der Waals surface area contributed by atoms with E-state index in [1.165, 1.54) is 0 Å². The van der Waals surface area contributed by atoms with Crippen molar-refractivity contribution in [3.05, 3.63) is 0 Å². The van der Waals surface area contributed by atoms with Crippen LogP contribution in [0, 0.1) is 10.8 Å². The Hall–Kier alpha value is 3.89. The molecule has 0 spiro atoms. The molecule has 0 aliphatic carbocycles. The van der Waals surface area contributed by atoms with Gasteiger partial charge >= 0.3 is 5.97 Å². The first kappa shape index (κ1) is 30.7. The van der Waals surface area contributed by atoms with Gasteiger partial charge in [-0.15, -0.1) is 0 Å². The summed E-state index contributed by atoms with van der Waals surface area (Å²) in [6, 6.07) is 0. The molecule has 0 aliphatic rings. The Labute approximate surface area is 188 Å². The molecular formula is C8H16O2Y4. The summed E-state index contributed by atoms with van der Waals surface area (Å²) >= 11 is 0. The third-order valence-corrected chi connectivity index (χ3v) is 2.41. The molecule has 2 nitrogen and oxygen atoms in total. The fourth-order valence-electron chi connectivity index (χ4n) is 0.321. The quantitative estimate of drug-likeness (QED) is 0.600. The summed E-state index contributed by atoms with van der Waals surface area (Å²) in [5.74, 6) is -0.736. The molecule has 0 unspecified atom stereocenters. The summed E-state index contributed by atoms with van der Waals surface area (Å²) in [6.07, 6.45) is 0. The van der Waals surface area contributed by atoms with Gasteiger partial charge in [0.05, 0.1) is 5.41 Å². The molecule has 0 fully saturated rings. The van der Waals surface area contributed by atoms with Crippen molar-refractivity contribution in [2.24, 2.45) is 10.8 Å². The van der Waals surface area contributed by atoms with Crippen molar-refractivity contribution in [1.82, 2.24) is 0 Å². The zero-order valence-corrected chi connectivity index (χ0v) is 21.0. The van der Waals surface area contributed by atoms with Crippen LogP contribution < -0.4 is 0 Å². The minimum Gasteiger partial charge on any atom is -0.481 e. The van der Waals surface area contributed by atoms with Crippen molar-refractivity contribution in [3.63, 3.8) is 0 Å². The van der Waals surface area contributed by atoms with E-state index in [0.29, 0.717) is 0 Å². The Balaban J connectivity index is -0.0000000675. The molecule has 1 N–H and O–H groups in total. The zero-order valence-electron chi connectivity index (χ0n) is 9.66. The average molecular weight is 500 g/mol. The van der Waals surface area contributed by atoms with E-state index < -0.39 is 11.4 Å². The number of aliphatic carboxylic acids is 1. The van der Waals surface area contributed by atoms with Crippen molar-refractivity contribution >= 4 is 5.97 Å². The van der Waals surface area contributed by atoms with Crippen LogP contribution >= 0.6 is 0 Å². The molecule has 0 bridgehead atoms. The van der Waals surface area contributed by atoms with E-state index in [2.05, 4.69) is 0 Å². The minimum absolute atomic E-state index is 0. The van der Waals surface area contributed by atoms with Gasteiger partial charge in [0.2, 0.25) is 0 Å². The van der Waals surface area contributed by atoms with E-state index in [4.69, 9.17) is 5.11 Å². The Morgan fingerprint density at radius 3 is 1.07 bits per heavy atom. The van der Waals surface area contributed by atoms with Crippen LogP contribution in [0.3, 0.4) is 0 Å². The van der Waals surface area contributed by atoms with Gasteiger partial charge in [0.1, 0.15) is 0 Å². The third kappa shape index (κ3) is 9.87. The Morgan fingerprint density at radius 2 is 1.07 bits per heavy atom. The smallest absolute Gasteiger partial charge is 0.309 e. The van der Waals surface area contributed by atoms with Gasteiger partial charge in [-0.25, -0.2) is 0 Å². The molecule has 0 aromatic rings. The average Bonchev–Trinajstić information content (AvgIpc) is 1.62. The predicted molar refractivity (Wildman–Crippen MR) is 40.9 cm³/mol. The van der Waals surface area contributed by atoms with Gasteiger partial charge in [0.25, 0.3) is 0 Å². The van der Waals surface area contributed by atoms with Gasteiger partial charge in [0, 0.05) is 131 Å². The number of carboxylic acids is 1. The van der Waals surface area contributed by atoms with Gasteiger partial charge in [-0.05, 0) is 19.3 Å². The Morgan fingerprint density at radius 1 is 0.857 bits per heavy atom.